The second-order valence-electron chi connectivity index (χ2n) is 5.73. The molecule has 0 saturated carbocycles. The zero-order valence-electron chi connectivity index (χ0n) is 11.9. The highest BCUT2D eigenvalue weighted by atomic mass is 16.5. The molecule has 1 fully saturated rings. The van der Waals surface area contributed by atoms with Gasteiger partial charge < -0.3 is 20.3 Å². The first-order valence-electron chi connectivity index (χ1n) is 6.67. The van der Waals surface area contributed by atoms with Crippen LogP contribution in [0.1, 0.15) is 26.7 Å². The molecule has 0 aliphatic carbocycles. The number of methoxy groups -OCH3 is 1. The maximum Gasteiger partial charge on any atom is 0.0785 e. The third-order valence-corrected chi connectivity index (χ3v) is 3.92. The van der Waals surface area contributed by atoms with Crippen molar-refractivity contribution >= 4 is 0 Å². The van der Waals surface area contributed by atoms with Gasteiger partial charge in [-0.3, -0.25) is 0 Å². The van der Waals surface area contributed by atoms with Crippen LogP contribution in [0.15, 0.2) is 0 Å². The van der Waals surface area contributed by atoms with Crippen LogP contribution in [0.2, 0.25) is 0 Å². The fourth-order valence-electron chi connectivity index (χ4n) is 2.12. The minimum absolute atomic E-state index is 0.0519. The number of hydrogen-bond donors (Lipinski definition) is 1. The zero-order chi connectivity index (χ0) is 12.9. The molecular formula is C13H29N3O. The van der Waals surface area contributed by atoms with Crippen molar-refractivity contribution in [3.8, 4) is 0 Å². The number of nitrogens with two attached hydrogens (primary N) is 1. The van der Waals surface area contributed by atoms with Gasteiger partial charge in [-0.05, 0) is 46.8 Å². The molecule has 4 heteroatoms. The Bertz CT molecular complexity index is 215. The van der Waals surface area contributed by atoms with Gasteiger partial charge in [-0.2, -0.15) is 0 Å². The zero-order valence-corrected chi connectivity index (χ0v) is 11.9. The van der Waals surface area contributed by atoms with E-state index in [0.29, 0.717) is 0 Å². The van der Waals surface area contributed by atoms with E-state index in [9.17, 15) is 0 Å². The van der Waals surface area contributed by atoms with Gasteiger partial charge in [0.15, 0.2) is 0 Å². The Morgan fingerprint density at radius 3 is 2.47 bits per heavy atom. The largest absolute Gasteiger partial charge is 0.377 e. The lowest BCUT2D eigenvalue weighted by atomic mass is 9.99. The molecule has 0 radical (unpaired) electrons. The monoisotopic (exact) mass is 243 g/mol. The Balaban J connectivity index is 2.21. The molecule has 17 heavy (non-hydrogen) atoms. The van der Waals surface area contributed by atoms with Gasteiger partial charge in [0.25, 0.3) is 0 Å². The van der Waals surface area contributed by atoms with Gasteiger partial charge in [0.1, 0.15) is 0 Å². The number of ether oxygens (including phenoxy) is 1. The first-order chi connectivity index (χ1) is 7.95. The third-order valence-electron chi connectivity index (χ3n) is 3.92. The summed E-state index contributed by atoms with van der Waals surface area (Å²) in [6.45, 7) is 9.77. The summed E-state index contributed by atoms with van der Waals surface area (Å²) in [6, 6.07) is 0.0519. The normalized spacial score (nSPS) is 20.1. The molecule has 0 aromatic carbocycles. The molecule has 1 saturated heterocycles. The van der Waals surface area contributed by atoms with Crippen molar-refractivity contribution < 1.29 is 4.74 Å². The van der Waals surface area contributed by atoms with Crippen LogP contribution in [-0.2, 0) is 4.74 Å². The Labute approximate surface area is 106 Å². The summed E-state index contributed by atoms with van der Waals surface area (Å²) in [6.07, 6.45) is 2.72. The molecule has 0 bridgehead atoms. The average molecular weight is 243 g/mol. The molecule has 0 amide bonds. The van der Waals surface area contributed by atoms with E-state index in [2.05, 4.69) is 16.8 Å². The highest BCUT2D eigenvalue weighted by Gasteiger charge is 2.26. The van der Waals surface area contributed by atoms with Crippen LogP contribution in [0.3, 0.4) is 0 Å². The lowest BCUT2D eigenvalue weighted by Gasteiger charge is -2.33. The summed E-state index contributed by atoms with van der Waals surface area (Å²) in [5.41, 5.74) is 5.92. The topological polar surface area (TPSA) is 41.7 Å². The van der Waals surface area contributed by atoms with E-state index >= 15 is 0 Å². The Kier molecular flexibility index (Phi) is 5.86. The van der Waals surface area contributed by atoms with Crippen LogP contribution in [0, 0.1) is 0 Å². The number of nitrogens with zero attached hydrogens (tertiary/aromatic N) is 2. The minimum atomic E-state index is -0.248. The minimum Gasteiger partial charge on any atom is -0.377 e. The summed E-state index contributed by atoms with van der Waals surface area (Å²) in [7, 11) is 3.87. The smallest absolute Gasteiger partial charge is 0.0785 e. The quantitative estimate of drug-likeness (QED) is 0.717. The molecule has 1 heterocycles. The number of likely N-dealkylation sites (tertiary alicyclic amines) is 1. The molecule has 1 aliphatic rings. The van der Waals surface area contributed by atoms with Crippen LogP contribution in [0.4, 0.5) is 0 Å². The Morgan fingerprint density at radius 2 is 1.94 bits per heavy atom. The SMILES string of the molecule is COC(C)(C)C(N)CN(C)CCN1CCCC1. The summed E-state index contributed by atoms with van der Waals surface area (Å²) in [4.78, 5) is 4.84. The van der Waals surface area contributed by atoms with Gasteiger partial charge in [-0.1, -0.05) is 0 Å². The standard InChI is InChI=1S/C13H29N3O/c1-13(2,17-4)12(14)11-15(3)9-10-16-7-5-6-8-16/h12H,5-11,14H2,1-4H3. The average Bonchev–Trinajstić information content (AvgIpc) is 2.79. The summed E-state index contributed by atoms with van der Waals surface area (Å²) >= 11 is 0. The number of likely N-dealkylation sites (N-methyl/N-ethyl adjacent to an activating group) is 1. The van der Waals surface area contributed by atoms with Crippen molar-refractivity contribution in [1.82, 2.24) is 9.80 Å². The van der Waals surface area contributed by atoms with Crippen molar-refractivity contribution in [3.05, 3.63) is 0 Å². The lowest BCUT2D eigenvalue weighted by Crippen LogP contribution is -2.51. The fourth-order valence-corrected chi connectivity index (χ4v) is 2.12. The Morgan fingerprint density at radius 1 is 1.35 bits per heavy atom. The highest BCUT2D eigenvalue weighted by Crippen LogP contribution is 2.12. The molecule has 1 unspecified atom stereocenters. The fraction of sp³-hybridized carbons (Fsp3) is 1.00. The second-order valence-corrected chi connectivity index (χ2v) is 5.73. The summed E-state index contributed by atoms with van der Waals surface area (Å²) in [5, 5.41) is 0. The van der Waals surface area contributed by atoms with Crippen molar-refractivity contribution in [2.24, 2.45) is 5.73 Å². The van der Waals surface area contributed by atoms with Crippen LogP contribution < -0.4 is 5.73 Å². The van der Waals surface area contributed by atoms with Gasteiger partial charge in [0, 0.05) is 32.8 Å². The van der Waals surface area contributed by atoms with Crippen LogP contribution >= 0.6 is 0 Å². The predicted molar refractivity (Wildman–Crippen MR) is 72.2 cm³/mol. The van der Waals surface area contributed by atoms with Gasteiger partial charge in [0.05, 0.1) is 5.60 Å². The maximum absolute atomic E-state index is 6.17. The summed E-state index contributed by atoms with van der Waals surface area (Å²) < 4.78 is 5.42. The van der Waals surface area contributed by atoms with E-state index in [-0.39, 0.29) is 11.6 Å². The maximum atomic E-state index is 6.17. The van der Waals surface area contributed by atoms with Crippen molar-refractivity contribution in [1.29, 1.82) is 0 Å². The van der Waals surface area contributed by atoms with E-state index in [0.717, 1.165) is 19.6 Å². The first kappa shape index (κ1) is 14.9. The molecular weight excluding hydrogens is 214 g/mol. The van der Waals surface area contributed by atoms with Crippen LogP contribution in [0.25, 0.3) is 0 Å². The predicted octanol–water partition coefficient (Wildman–Crippen LogP) is 0.766. The van der Waals surface area contributed by atoms with Gasteiger partial charge in [0.2, 0.25) is 0 Å². The summed E-state index contributed by atoms with van der Waals surface area (Å²) in [5.74, 6) is 0. The molecule has 2 N–H and O–H groups in total. The van der Waals surface area contributed by atoms with Crippen molar-refractivity contribution in [2.45, 2.75) is 38.3 Å². The molecule has 4 nitrogen and oxygen atoms in total. The van der Waals surface area contributed by atoms with E-state index in [1.54, 1.807) is 7.11 Å². The molecule has 0 spiro atoms. The molecule has 1 rings (SSSR count). The second kappa shape index (κ2) is 6.69. The first-order valence-corrected chi connectivity index (χ1v) is 6.67. The Hall–Kier alpha value is -0.160. The van der Waals surface area contributed by atoms with E-state index in [1.165, 1.54) is 25.9 Å². The van der Waals surface area contributed by atoms with Crippen molar-refractivity contribution in [3.63, 3.8) is 0 Å². The van der Waals surface area contributed by atoms with Crippen LogP contribution in [-0.4, -0.2) is 68.3 Å². The third kappa shape index (κ3) is 4.92. The molecule has 1 aliphatic heterocycles. The number of hydrogen-bond acceptors (Lipinski definition) is 4. The number of rotatable bonds is 7. The van der Waals surface area contributed by atoms with Gasteiger partial charge >= 0.3 is 0 Å². The van der Waals surface area contributed by atoms with Gasteiger partial charge in [-0.25, -0.2) is 0 Å². The van der Waals surface area contributed by atoms with Crippen molar-refractivity contribution in [2.75, 3.05) is 46.9 Å². The van der Waals surface area contributed by atoms with Crippen LogP contribution in [0.5, 0.6) is 0 Å². The van der Waals surface area contributed by atoms with Gasteiger partial charge in [-0.15, -0.1) is 0 Å². The van der Waals surface area contributed by atoms with E-state index in [4.69, 9.17) is 10.5 Å². The highest BCUT2D eigenvalue weighted by molar-refractivity contribution is 4.84. The molecule has 102 valence electrons. The van der Waals surface area contributed by atoms with E-state index < -0.39 is 0 Å². The lowest BCUT2D eigenvalue weighted by molar-refractivity contribution is -0.00703. The molecule has 0 aromatic rings. The molecule has 0 aromatic heterocycles. The van der Waals surface area contributed by atoms with E-state index in [1.807, 2.05) is 13.8 Å². The molecule has 1 atom stereocenters.